The third-order valence-electron chi connectivity index (χ3n) is 2.56. The summed E-state index contributed by atoms with van der Waals surface area (Å²) in [6, 6.07) is 0.693. The lowest BCUT2D eigenvalue weighted by Crippen LogP contribution is -2.39. The van der Waals surface area contributed by atoms with Gasteiger partial charge in [0.2, 0.25) is 15.5 Å². The van der Waals surface area contributed by atoms with E-state index in [0.29, 0.717) is 0 Å². The summed E-state index contributed by atoms with van der Waals surface area (Å²) < 4.78 is 26.1. The Labute approximate surface area is 99.7 Å². The minimum absolute atomic E-state index is 0.130. The molecule has 0 aliphatic carbocycles. The molecule has 1 aromatic heterocycles. The van der Waals surface area contributed by atoms with E-state index >= 15 is 0 Å². The van der Waals surface area contributed by atoms with Crippen molar-refractivity contribution in [2.75, 3.05) is 6.61 Å². The average Bonchev–Trinajstić information content (AvgIpc) is 2.27. The largest absolute Gasteiger partial charge is 0.396 e. The van der Waals surface area contributed by atoms with Gasteiger partial charge in [-0.1, -0.05) is 6.92 Å². The first kappa shape index (κ1) is 13.9. The lowest BCUT2D eigenvalue weighted by molar-refractivity contribution is 0.216. The number of aliphatic hydroxyl groups excluding tert-OH is 1. The molecule has 0 fully saturated rings. The Morgan fingerprint density at radius 3 is 2.65 bits per heavy atom. The Bertz CT molecular complexity index is 523. The highest BCUT2D eigenvalue weighted by atomic mass is 32.2. The number of nitrogens with one attached hydrogen (secondary N) is 2. The Morgan fingerprint density at radius 2 is 2.12 bits per heavy atom. The van der Waals surface area contributed by atoms with Crippen LogP contribution in [0.5, 0.6) is 0 Å². The zero-order chi connectivity index (χ0) is 13.1. The van der Waals surface area contributed by atoms with Crippen molar-refractivity contribution in [1.82, 2.24) is 9.71 Å². The first-order valence-electron chi connectivity index (χ1n) is 5.18. The maximum Gasteiger partial charge on any atom is 0.246 e. The maximum absolute atomic E-state index is 11.9. The van der Waals surface area contributed by atoms with Gasteiger partial charge in [0.25, 0.3) is 0 Å². The Hall–Kier alpha value is -1.18. The summed E-state index contributed by atoms with van der Waals surface area (Å²) >= 11 is 0. The third-order valence-corrected chi connectivity index (χ3v) is 4.14. The van der Waals surface area contributed by atoms with Gasteiger partial charge in [0.15, 0.2) is 0 Å². The second kappa shape index (κ2) is 5.44. The molecule has 96 valence electrons. The predicted octanol–water partition coefficient (Wildman–Crippen LogP) is -0.330. The van der Waals surface area contributed by atoms with Crippen molar-refractivity contribution < 1.29 is 13.5 Å². The molecule has 17 heavy (non-hydrogen) atoms. The highest BCUT2D eigenvalue weighted by Crippen LogP contribution is 2.06. The molecule has 0 amide bonds. The Balaban J connectivity index is 2.98. The van der Waals surface area contributed by atoms with Gasteiger partial charge < -0.3 is 10.1 Å². The summed E-state index contributed by atoms with van der Waals surface area (Å²) in [5.41, 5.74) is -0.569. The number of aromatic amines is 1. The fourth-order valence-corrected chi connectivity index (χ4v) is 2.60. The van der Waals surface area contributed by atoms with Crippen molar-refractivity contribution in [3.63, 3.8) is 0 Å². The number of aromatic nitrogens is 1. The summed E-state index contributed by atoms with van der Waals surface area (Å²) in [6.07, 6.45) is 2.50. The highest BCUT2D eigenvalue weighted by Gasteiger charge is 2.22. The molecule has 0 bridgehead atoms. The molecule has 1 rings (SSSR count). The van der Waals surface area contributed by atoms with Gasteiger partial charge in [-0.15, -0.1) is 0 Å². The van der Waals surface area contributed by atoms with Crippen molar-refractivity contribution in [1.29, 1.82) is 0 Å². The molecule has 6 nitrogen and oxygen atoms in total. The van der Waals surface area contributed by atoms with Crippen LogP contribution >= 0.6 is 0 Å². The van der Waals surface area contributed by atoms with E-state index in [1.54, 1.807) is 13.8 Å². The van der Waals surface area contributed by atoms with Gasteiger partial charge >= 0.3 is 0 Å². The minimum atomic E-state index is -3.85. The third kappa shape index (κ3) is 3.39. The van der Waals surface area contributed by atoms with Crippen LogP contribution < -0.4 is 10.2 Å². The molecule has 0 aromatic carbocycles. The summed E-state index contributed by atoms with van der Waals surface area (Å²) in [6.45, 7) is 3.22. The van der Waals surface area contributed by atoms with Crippen LogP contribution in [-0.4, -0.2) is 31.2 Å². The van der Waals surface area contributed by atoms with Crippen LogP contribution in [0.25, 0.3) is 0 Å². The van der Waals surface area contributed by atoms with E-state index in [1.165, 1.54) is 6.20 Å². The summed E-state index contributed by atoms with van der Waals surface area (Å²) in [5, 5.41) is 8.92. The number of hydrogen-bond donors (Lipinski definition) is 3. The summed E-state index contributed by atoms with van der Waals surface area (Å²) in [7, 11) is -3.85. The van der Waals surface area contributed by atoms with Gasteiger partial charge in [-0.3, -0.25) is 4.79 Å². The van der Waals surface area contributed by atoms with Crippen LogP contribution in [0.2, 0.25) is 0 Å². The van der Waals surface area contributed by atoms with E-state index < -0.39 is 21.5 Å². The van der Waals surface area contributed by atoms with Crippen molar-refractivity contribution in [2.45, 2.75) is 24.8 Å². The van der Waals surface area contributed by atoms with Crippen molar-refractivity contribution in [3.8, 4) is 0 Å². The smallest absolute Gasteiger partial charge is 0.246 e. The van der Waals surface area contributed by atoms with Gasteiger partial charge in [0, 0.05) is 31.1 Å². The molecular weight excluding hydrogens is 244 g/mol. The Kier molecular flexibility index (Phi) is 4.44. The minimum Gasteiger partial charge on any atom is -0.396 e. The standard InChI is InChI=1S/C10H16N2O4S/c1-7(6-13)8(2)12-17(15,16)10-5-11-4-3-9(10)14/h3-5,7-8,12-13H,6H2,1-2H3,(H,11,14). The summed E-state index contributed by atoms with van der Waals surface area (Å²) in [5.74, 6) is -0.229. The van der Waals surface area contributed by atoms with Crippen molar-refractivity contribution in [2.24, 2.45) is 5.92 Å². The van der Waals surface area contributed by atoms with Crippen molar-refractivity contribution >= 4 is 10.0 Å². The topological polar surface area (TPSA) is 99.3 Å². The summed E-state index contributed by atoms with van der Waals surface area (Å²) in [4.78, 5) is 13.6. The molecule has 0 aliphatic rings. The first-order valence-corrected chi connectivity index (χ1v) is 6.67. The van der Waals surface area contributed by atoms with Gasteiger partial charge in [-0.05, 0) is 12.8 Å². The van der Waals surface area contributed by atoms with E-state index in [4.69, 9.17) is 5.11 Å². The second-order valence-electron chi connectivity index (χ2n) is 3.94. The second-order valence-corrected chi connectivity index (χ2v) is 5.63. The van der Waals surface area contributed by atoms with Crippen LogP contribution in [0.3, 0.4) is 0 Å². The monoisotopic (exact) mass is 260 g/mol. The fourth-order valence-electron chi connectivity index (χ4n) is 1.19. The van der Waals surface area contributed by atoms with Gasteiger partial charge in [0.05, 0.1) is 0 Å². The SMILES string of the molecule is CC(CO)C(C)NS(=O)(=O)c1c[nH]ccc1=O. The number of hydrogen-bond acceptors (Lipinski definition) is 4. The molecule has 1 aromatic rings. The van der Waals surface area contributed by atoms with Crippen molar-refractivity contribution in [3.05, 3.63) is 28.7 Å². The van der Waals surface area contributed by atoms with Crippen LogP contribution in [0.4, 0.5) is 0 Å². The fraction of sp³-hybridized carbons (Fsp3) is 0.500. The number of sulfonamides is 1. The normalized spacial score (nSPS) is 15.5. The number of aliphatic hydroxyl groups is 1. The van der Waals surface area contributed by atoms with Crippen LogP contribution in [0.15, 0.2) is 28.2 Å². The molecule has 0 saturated heterocycles. The van der Waals surface area contributed by atoms with E-state index in [-0.39, 0.29) is 17.4 Å². The molecule has 7 heteroatoms. The van der Waals surface area contributed by atoms with E-state index in [9.17, 15) is 13.2 Å². The van der Waals surface area contributed by atoms with Crippen LogP contribution in [0.1, 0.15) is 13.8 Å². The van der Waals surface area contributed by atoms with E-state index in [2.05, 4.69) is 9.71 Å². The molecule has 0 saturated carbocycles. The van der Waals surface area contributed by atoms with E-state index in [0.717, 1.165) is 12.3 Å². The van der Waals surface area contributed by atoms with Gasteiger partial charge in [0.1, 0.15) is 4.90 Å². The van der Waals surface area contributed by atoms with E-state index in [1.807, 2.05) is 0 Å². The number of pyridine rings is 1. The maximum atomic E-state index is 11.9. The zero-order valence-electron chi connectivity index (χ0n) is 9.67. The van der Waals surface area contributed by atoms with Gasteiger partial charge in [-0.25, -0.2) is 13.1 Å². The molecular formula is C10H16N2O4S. The lowest BCUT2D eigenvalue weighted by atomic mass is 10.1. The molecule has 0 radical (unpaired) electrons. The number of rotatable bonds is 5. The van der Waals surface area contributed by atoms with Gasteiger partial charge in [-0.2, -0.15) is 0 Å². The lowest BCUT2D eigenvalue weighted by Gasteiger charge is -2.18. The van der Waals surface area contributed by atoms with Crippen LogP contribution in [-0.2, 0) is 10.0 Å². The zero-order valence-corrected chi connectivity index (χ0v) is 10.5. The number of H-pyrrole nitrogens is 1. The van der Waals surface area contributed by atoms with Crippen LogP contribution in [0, 0.1) is 5.92 Å². The average molecular weight is 260 g/mol. The molecule has 2 unspecified atom stereocenters. The quantitative estimate of drug-likeness (QED) is 0.675. The predicted molar refractivity (Wildman–Crippen MR) is 63.1 cm³/mol. The first-order chi connectivity index (χ1) is 7.88. The highest BCUT2D eigenvalue weighted by molar-refractivity contribution is 7.89. The molecule has 1 heterocycles. The molecule has 0 spiro atoms. The molecule has 2 atom stereocenters. The molecule has 3 N–H and O–H groups in total. The molecule has 0 aliphatic heterocycles. The Morgan fingerprint density at radius 1 is 1.47 bits per heavy atom.